The highest BCUT2D eigenvalue weighted by Crippen LogP contribution is 2.35. The average molecular weight is 971 g/mol. The summed E-state index contributed by atoms with van der Waals surface area (Å²) in [5.41, 5.74) is 4.16. The van der Waals surface area contributed by atoms with Gasteiger partial charge in [-0.25, -0.2) is 4.79 Å². The Bertz CT molecular complexity index is 2780. The predicted molar refractivity (Wildman–Crippen MR) is 270 cm³/mol. The molecule has 0 radical (unpaired) electrons. The fraction of sp³-hybridized carbons (Fsp3) is 0.190. The molecular formula is C58H54N2O12. The summed E-state index contributed by atoms with van der Waals surface area (Å²) >= 11 is 0. The van der Waals surface area contributed by atoms with Gasteiger partial charge >= 0.3 is 17.9 Å². The molecule has 0 heterocycles. The molecule has 7 aromatic rings. The molecule has 0 bridgehead atoms. The smallest absolute Gasteiger partial charge is 0.337 e. The first-order valence-corrected chi connectivity index (χ1v) is 23.3. The molecule has 2 amide bonds. The number of rotatable bonds is 23. The van der Waals surface area contributed by atoms with Crippen LogP contribution in [0.15, 0.2) is 164 Å². The summed E-state index contributed by atoms with van der Waals surface area (Å²) in [7, 11) is 1.20. The van der Waals surface area contributed by atoms with Crippen LogP contribution in [0.2, 0.25) is 0 Å². The molecule has 0 aliphatic carbocycles. The Morgan fingerprint density at radius 3 is 1.11 bits per heavy atom. The first-order chi connectivity index (χ1) is 35.1. The third kappa shape index (κ3) is 14.6. The number of esters is 3. The maximum atomic E-state index is 14.7. The minimum atomic E-state index is -0.763. The number of anilines is 2. The van der Waals surface area contributed by atoms with E-state index >= 15 is 0 Å². The van der Waals surface area contributed by atoms with E-state index in [0.717, 1.165) is 22.3 Å². The summed E-state index contributed by atoms with van der Waals surface area (Å²) in [5, 5.41) is 5.73. The molecule has 0 atom stereocenters. The SMILES string of the molecule is CCOC(=O)Cc1cc(OCc2ccccc2)cc(C(=O)Nc2cc(NC(=O)c3cc(OCc4ccccc4)cc(CC(=O)OCC)c3OCc3ccccc3)cc(C(=O)OC)c2)c1OCc1ccccc1. The lowest BCUT2D eigenvalue weighted by atomic mass is 10.0. The Hall–Kier alpha value is -8.91. The van der Waals surface area contributed by atoms with Gasteiger partial charge in [-0.15, -0.1) is 0 Å². The van der Waals surface area contributed by atoms with Gasteiger partial charge in [0.2, 0.25) is 0 Å². The molecule has 368 valence electrons. The molecule has 0 aromatic heterocycles. The second-order valence-corrected chi connectivity index (χ2v) is 16.2. The van der Waals surface area contributed by atoms with Crippen LogP contribution in [-0.2, 0) is 63.1 Å². The molecule has 0 fully saturated rings. The largest absolute Gasteiger partial charge is 0.489 e. The van der Waals surface area contributed by atoms with E-state index in [1.165, 1.54) is 37.4 Å². The molecule has 0 spiro atoms. The van der Waals surface area contributed by atoms with Gasteiger partial charge in [0.05, 0.1) is 49.9 Å². The third-order valence-corrected chi connectivity index (χ3v) is 10.9. The van der Waals surface area contributed by atoms with Gasteiger partial charge < -0.3 is 43.8 Å². The van der Waals surface area contributed by atoms with Crippen LogP contribution in [0.4, 0.5) is 11.4 Å². The first kappa shape index (κ1) is 51.0. The van der Waals surface area contributed by atoms with Crippen LogP contribution < -0.4 is 29.6 Å². The highest BCUT2D eigenvalue weighted by molar-refractivity contribution is 6.10. The lowest BCUT2D eigenvalue weighted by Crippen LogP contribution is -2.19. The van der Waals surface area contributed by atoms with Gasteiger partial charge in [-0.3, -0.25) is 19.2 Å². The minimum absolute atomic E-state index is 0.00602. The van der Waals surface area contributed by atoms with Crippen LogP contribution >= 0.6 is 0 Å². The lowest BCUT2D eigenvalue weighted by molar-refractivity contribution is -0.143. The van der Waals surface area contributed by atoms with Crippen LogP contribution in [-0.4, -0.2) is 50.0 Å². The van der Waals surface area contributed by atoms with Gasteiger partial charge in [0.1, 0.15) is 49.4 Å². The Morgan fingerprint density at radius 2 is 0.778 bits per heavy atom. The van der Waals surface area contributed by atoms with Crippen molar-refractivity contribution in [2.75, 3.05) is 31.0 Å². The van der Waals surface area contributed by atoms with Gasteiger partial charge in [0.15, 0.2) is 0 Å². The summed E-state index contributed by atoms with van der Waals surface area (Å²) in [6.45, 7) is 4.07. The number of carbonyl (C=O) groups excluding carboxylic acids is 5. The van der Waals surface area contributed by atoms with E-state index in [-0.39, 0.29) is 104 Å². The molecule has 0 saturated heterocycles. The monoisotopic (exact) mass is 970 g/mol. The zero-order valence-corrected chi connectivity index (χ0v) is 40.1. The van der Waals surface area contributed by atoms with Crippen molar-refractivity contribution in [1.29, 1.82) is 0 Å². The van der Waals surface area contributed by atoms with Crippen molar-refractivity contribution >= 4 is 41.1 Å². The summed E-state index contributed by atoms with van der Waals surface area (Å²) in [4.78, 5) is 68.8. The van der Waals surface area contributed by atoms with E-state index in [0.29, 0.717) is 11.1 Å². The number of hydrogen-bond acceptors (Lipinski definition) is 12. The first-order valence-electron chi connectivity index (χ1n) is 23.3. The molecule has 0 unspecified atom stereocenters. The van der Waals surface area contributed by atoms with E-state index in [4.69, 9.17) is 33.2 Å². The number of hydrogen-bond donors (Lipinski definition) is 2. The maximum Gasteiger partial charge on any atom is 0.337 e. The number of ether oxygens (including phenoxy) is 7. The molecule has 7 aromatic carbocycles. The van der Waals surface area contributed by atoms with Crippen molar-refractivity contribution in [3.63, 3.8) is 0 Å². The molecule has 14 nitrogen and oxygen atoms in total. The molecule has 0 aliphatic heterocycles. The molecule has 7 rings (SSSR count). The van der Waals surface area contributed by atoms with Crippen molar-refractivity contribution in [1.82, 2.24) is 0 Å². The summed E-state index contributed by atoms with van der Waals surface area (Å²) in [5.74, 6) is -2.50. The predicted octanol–water partition coefficient (Wildman–Crippen LogP) is 10.5. The van der Waals surface area contributed by atoms with Crippen molar-refractivity contribution < 1.29 is 57.1 Å². The Morgan fingerprint density at radius 1 is 0.431 bits per heavy atom. The van der Waals surface area contributed by atoms with Crippen molar-refractivity contribution in [2.45, 2.75) is 53.1 Å². The molecule has 0 aliphatic rings. The highest BCUT2D eigenvalue weighted by Gasteiger charge is 2.25. The third-order valence-electron chi connectivity index (χ3n) is 10.9. The van der Waals surface area contributed by atoms with E-state index in [2.05, 4.69) is 10.6 Å². The Balaban J connectivity index is 1.26. The van der Waals surface area contributed by atoms with Gasteiger partial charge in [-0.05, 0) is 78.6 Å². The highest BCUT2D eigenvalue weighted by atomic mass is 16.5. The van der Waals surface area contributed by atoms with E-state index in [1.807, 2.05) is 121 Å². The summed E-state index contributed by atoms with van der Waals surface area (Å²) in [6, 6.07) is 48.0. The second kappa shape index (κ2) is 25.6. The van der Waals surface area contributed by atoms with Crippen molar-refractivity contribution in [3.05, 3.63) is 214 Å². The molecule has 72 heavy (non-hydrogen) atoms. The van der Waals surface area contributed by atoms with Crippen molar-refractivity contribution in [3.8, 4) is 23.0 Å². The number of carbonyl (C=O) groups is 5. The minimum Gasteiger partial charge on any atom is -0.489 e. The number of amides is 2. The second-order valence-electron chi connectivity index (χ2n) is 16.2. The molecular weight excluding hydrogens is 917 g/mol. The fourth-order valence-electron chi connectivity index (χ4n) is 7.51. The zero-order valence-electron chi connectivity index (χ0n) is 40.1. The molecule has 0 saturated carbocycles. The number of benzene rings is 7. The molecule has 14 heteroatoms. The normalized spacial score (nSPS) is 10.6. The molecule has 2 N–H and O–H groups in total. The van der Waals surface area contributed by atoms with Crippen LogP contribution in [0.25, 0.3) is 0 Å². The van der Waals surface area contributed by atoms with E-state index < -0.39 is 29.7 Å². The van der Waals surface area contributed by atoms with Crippen LogP contribution in [0.3, 0.4) is 0 Å². The number of methoxy groups -OCH3 is 1. The van der Waals surface area contributed by atoms with Crippen molar-refractivity contribution in [2.24, 2.45) is 0 Å². The van der Waals surface area contributed by atoms with Crippen LogP contribution in [0, 0.1) is 0 Å². The van der Waals surface area contributed by atoms with Gasteiger partial charge in [-0.2, -0.15) is 0 Å². The van der Waals surface area contributed by atoms with E-state index in [1.54, 1.807) is 26.0 Å². The van der Waals surface area contributed by atoms with Gasteiger partial charge in [0, 0.05) is 22.5 Å². The topological polar surface area (TPSA) is 174 Å². The van der Waals surface area contributed by atoms with Gasteiger partial charge in [0.25, 0.3) is 11.8 Å². The Kier molecular flexibility index (Phi) is 18.1. The van der Waals surface area contributed by atoms with E-state index in [9.17, 15) is 24.0 Å². The van der Waals surface area contributed by atoms with Gasteiger partial charge in [-0.1, -0.05) is 121 Å². The quantitative estimate of drug-likeness (QED) is 0.0459. The zero-order chi connectivity index (χ0) is 50.7. The number of nitrogens with one attached hydrogen (secondary N) is 2. The lowest BCUT2D eigenvalue weighted by Gasteiger charge is -2.19. The summed E-state index contributed by atoms with van der Waals surface area (Å²) in [6.07, 6.45) is -0.488. The maximum absolute atomic E-state index is 14.7. The van der Waals surface area contributed by atoms with Crippen LogP contribution in [0.5, 0.6) is 23.0 Å². The fourth-order valence-corrected chi connectivity index (χ4v) is 7.51. The Labute approximate surface area is 417 Å². The standard InChI is InChI=1S/C58H54N2O12/c1-4-67-52(61)30-43-28-48(69-35-39-18-10-6-11-19-39)33-50(54(43)71-37-41-22-14-8-15-23-41)56(63)59-46-26-45(58(65)66-3)27-47(32-46)60-57(64)51-34-49(70-36-40-20-12-7-13-21-40)29-44(31-53(62)68-5-2)55(51)72-38-42-24-16-9-17-25-42/h6-29,32-34H,4-5,30-31,35-38H2,1-3H3,(H,59,63)(H,60,64). The van der Waals surface area contributed by atoms with Crippen LogP contribution in [0.1, 0.15) is 78.3 Å². The average Bonchev–Trinajstić information content (AvgIpc) is 3.39. The summed E-state index contributed by atoms with van der Waals surface area (Å²) < 4.78 is 40.9.